The summed E-state index contributed by atoms with van der Waals surface area (Å²) in [5.74, 6) is 1.75. The van der Waals surface area contributed by atoms with E-state index in [9.17, 15) is 0 Å². The molecule has 10 rings (SSSR count). The standard InChI is InChI=1S/2C29H29.C2H6Si.Zr/c2*1-20-7-11-24(12-8-20)26-15-16-27(25-13-9-21(2)10-14-25)29-19-23(18-28(26)29)17-22-5-3-4-6-22;1-3-2;/h2*7-16,18-19,22H,3-6,17H2,1-2H3;1-2H3;/q2*-1;;+2. The average Bonchev–Trinajstić information content (AvgIpc) is 4.12. The maximum Gasteiger partial charge on any atom is 2.00 e. The molecule has 2 heteroatoms. The second-order valence-corrected chi connectivity index (χ2v) is 19.4. The maximum absolute atomic E-state index is 2.47. The van der Waals surface area contributed by atoms with Crippen LogP contribution < -0.4 is 0 Å². The minimum absolute atomic E-state index is 0. The van der Waals surface area contributed by atoms with Crippen LogP contribution in [0.1, 0.15) is 84.7 Å². The molecule has 0 saturated heterocycles. The number of benzene rings is 6. The van der Waals surface area contributed by atoms with Crippen LogP contribution in [-0.2, 0) is 39.0 Å². The fourth-order valence-corrected chi connectivity index (χ4v) is 9.99. The summed E-state index contributed by atoms with van der Waals surface area (Å²) in [4.78, 5) is 0. The first kappa shape index (κ1) is 45.7. The molecular weight excluding hydrogens is 840 g/mol. The van der Waals surface area contributed by atoms with Crippen LogP contribution in [0.3, 0.4) is 0 Å². The van der Waals surface area contributed by atoms with Crippen LogP contribution in [0.15, 0.2) is 146 Å². The van der Waals surface area contributed by atoms with Crippen LogP contribution in [0.25, 0.3) is 66.1 Å². The zero-order chi connectivity index (χ0) is 42.3. The first-order chi connectivity index (χ1) is 29.8. The third kappa shape index (κ3) is 10.9. The van der Waals surface area contributed by atoms with Crippen molar-refractivity contribution in [2.24, 2.45) is 11.8 Å². The molecule has 0 nitrogen and oxygen atoms in total. The topological polar surface area (TPSA) is 0 Å². The Morgan fingerprint density at radius 2 is 0.661 bits per heavy atom. The van der Waals surface area contributed by atoms with Gasteiger partial charge in [-0.2, -0.15) is 12.1 Å². The summed E-state index contributed by atoms with van der Waals surface area (Å²) in [5, 5.41) is 5.61. The van der Waals surface area contributed by atoms with Crippen molar-refractivity contribution >= 4 is 31.1 Å². The molecule has 0 atom stereocenters. The fourth-order valence-electron chi connectivity index (χ4n) is 9.99. The molecule has 0 unspecified atom stereocenters. The molecule has 2 fully saturated rings. The number of hydrogen-bond donors (Lipinski definition) is 0. The molecule has 2 saturated carbocycles. The first-order valence-corrected chi connectivity index (χ1v) is 25.1. The fraction of sp³-hybridized carbons (Fsp3) is 0.300. The van der Waals surface area contributed by atoms with E-state index in [0.717, 1.165) is 21.4 Å². The van der Waals surface area contributed by atoms with Crippen molar-refractivity contribution in [2.45, 2.75) is 105 Å². The Balaban J connectivity index is 0.000000173. The van der Waals surface area contributed by atoms with Crippen LogP contribution in [0.2, 0.25) is 13.1 Å². The second kappa shape index (κ2) is 21.3. The van der Waals surface area contributed by atoms with E-state index in [0.29, 0.717) is 0 Å². The Labute approximate surface area is 394 Å². The van der Waals surface area contributed by atoms with Gasteiger partial charge in [-0.3, -0.25) is 0 Å². The van der Waals surface area contributed by atoms with Gasteiger partial charge >= 0.3 is 26.2 Å². The predicted molar refractivity (Wildman–Crippen MR) is 269 cm³/mol. The van der Waals surface area contributed by atoms with Crippen LogP contribution in [-0.4, -0.2) is 9.52 Å². The van der Waals surface area contributed by atoms with Crippen molar-refractivity contribution in [3.8, 4) is 44.5 Å². The van der Waals surface area contributed by atoms with E-state index in [1.165, 1.54) is 164 Å². The summed E-state index contributed by atoms with van der Waals surface area (Å²) in [7, 11) is 1.08. The van der Waals surface area contributed by atoms with E-state index in [1.807, 2.05) is 0 Å². The summed E-state index contributed by atoms with van der Waals surface area (Å²) >= 11 is 0. The monoisotopic (exact) mass is 902 g/mol. The Bertz CT molecular complexity index is 2290. The van der Waals surface area contributed by atoms with Crippen LogP contribution in [0.4, 0.5) is 0 Å². The van der Waals surface area contributed by atoms with E-state index in [2.05, 4.69) is 186 Å². The zero-order valence-electron chi connectivity index (χ0n) is 38.1. The van der Waals surface area contributed by atoms with Gasteiger partial charge in [-0.1, -0.05) is 241 Å². The summed E-state index contributed by atoms with van der Waals surface area (Å²) in [6.45, 7) is 12.9. The minimum Gasteiger partial charge on any atom is -0.164 e. The average molecular weight is 904 g/mol. The Hall–Kier alpha value is -4.36. The van der Waals surface area contributed by atoms with E-state index in [-0.39, 0.29) is 26.2 Å². The molecule has 0 amide bonds. The van der Waals surface area contributed by atoms with Gasteiger partial charge in [0.1, 0.15) is 0 Å². The third-order valence-electron chi connectivity index (χ3n) is 13.3. The van der Waals surface area contributed by atoms with Gasteiger partial charge in [0.2, 0.25) is 0 Å². The van der Waals surface area contributed by atoms with Gasteiger partial charge in [0.25, 0.3) is 0 Å². The normalized spacial score (nSPS) is 14.0. The van der Waals surface area contributed by atoms with Gasteiger partial charge in [0.15, 0.2) is 0 Å². The molecule has 8 aromatic carbocycles. The van der Waals surface area contributed by atoms with Gasteiger partial charge in [0, 0.05) is 9.52 Å². The van der Waals surface area contributed by atoms with Crippen LogP contribution >= 0.6 is 0 Å². The molecule has 0 N–H and O–H groups in total. The molecule has 0 aliphatic heterocycles. The minimum atomic E-state index is 0. The van der Waals surface area contributed by atoms with E-state index in [1.54, 1.807) is 0 Å². The van der Waals surface area contributed by atoms with E-state index >= 15 is 0 Å². The SMILES string of the molecule is C[Si]C.Cc1ccc(-c2ccc(-c3ccc(C)cc3)c3[cH-]c(CC4CCCC4)cc23)cc1.Cc1ccc(-c2ccc(-c3ccc(C)cc3)c3[cH-]c(CC4CCCC4)cc23)cc1.[Zr+2]. The molecular formula is C60H64SiZr. The number of hydrogen-bond acceptors (Lipinski definition) is 0. The predicted octanol–water partition coefficient (Wildman–Crippen LogP) is 17.3. The summed E-state index contributed by atoms with van der Waals surface area (Å²) in [6.07, 6.45) is 13.7. The Kier molecular flexibility index (Phi) is 15.7. The summed E-state index contributed by atoms with van der Waals surface area (Å²) in [6, 6.07) is 55.0. The van der Waals surface area contributed by atoms with Gasteiger partial charge < -0.3 is 0 Å². The molecule has 0 spiro atoms. The number of rotatable bonds is 8. The maximum atomic E-state index is 2.47. The molecule has 8 aromatic rings. The van der Waals surface area contributed by atoms with Crippen LogP contribution in [0, 0.1) is 39.5 Å². The quantitative estimate of drug-likeness (QED) is 0.105. The van der Waals surface area contributed by atoms with Crippen molar-refractivity contribution < 1.29 is 26.2 Å². The molecule has 312 valence electrons. The Morgan fingerprint density at radius 1 is 0.403 bits per heavy atom. The van der Waals surface area contributed by atoms with E-state index in [4.69, 9.17) is 0 Å². The third-order valence-corrected chi connectivity index (χ3v) is 13.3. The molecule has 62 heavy (non-hydrogen) atoms. The molecule has 0 bridgehead atoms. The Morgan fingerprint density at radius 3 is 0.952 bits per heavy atom. The van der Waals surface area contributed by atoms with E-state index < -0.39 is 0 Å². The largest absolute Gasteiger partial charge is 2.00 e. The van der Waals surface area contributed by atoms with Crippen molar-refractivity contribution in [2.75, 3.05) is 0 Å². The van der Waals surface area contributed by atoms with Gasteiger partial charge in [-0.05, 0) is 63.5 Å². The first-order valence-electron chi connectivity index (χ1n) is 23.1. The van der Waals surface area contributed by atoms with Gasteiger partial charge in [-0.25, -0.2) is 0 Å². The van der Waals surface area contributed by atoms with Gasteiger partial charge in [0.05, 0.1) is 0 Å². The van der Waals surface area contributed by atoms with Crippen molar-refractivity contribution in [3.05, 3.63) is 179 Å². The molecule has 0 heterocycles. The number of fused-ring (bicyclic) bond motifs is 2. The smallest absolute Gasteiger partial charge is 0.164 e. The molecule has 0 aromatic heterocycles. The summed E-state index contributed by atoms with van der Waals surface area (Å²) in [5.41, 5.74) is 18.9. The number of aryl methyl sites for hydroxylation is 4. The van der Waals surface area contributed by atoms with Gasteiger partial charge in [-0.15, -0.1) is 44.8 Å². The van der Waals surface area contributed by atoms with Crippen molar-refractivity contribution in [1.29, 1.82) is 0 Å². The van der Waals surface area contributed by atoms with Crippen molar-refractivity contribution in [3.63, 3.8) is 0 Å². The molecule has 2 aliphatic rings. The second-order valence-electron chi connectivity index (χ2n) is 18.4. The molecule has 2 radical (unpaired) electrons. The summed E-state index contributed by atoms with van der Waals surface area (Å²) < 4.78 is 0. The molecule has 2 aliphatic carbocycles. The van der Waals surface area contributed by atoms with Crippen LogP contribution in [0.5, 0.6) is 0 Å². The van der Waals surface area contributed by atoms with Crippen molar-refractivity contribution in [1.82, 2.24) is 0 Å². The zero-order valence-corrected chi connectivity index (χ0v) is 41.5.